The smallest absolute Gasteiger partial charge is 0.291 e. The Bertz CT molecular complexity index is 271. The summed E-state index contributed by atoms with van der Waals surface area (Å²) in [6, 6.07) is 0. The molecule has 1 aromatic rings. The zero-order valence-electron chi connectivity index (χ0n) is 9.72. The monoisotopic (exact) mass is 229 g/mol. The minimum absolute atomic E-state index is 0.589. The second-order valence-corrected chi connectivity index (χ2v) is 3.61. The van der Waals surface area contributed by atoms with Gasteiger partial charge in [-0.15, -0.1) is 10.1 Å². The van der Waals surface area contributed by atoms with Crippen LogP contribution in [-0.4, -0.2) is 20.3 Å². The van der Waals surface area contributed by atoms with Gasteiger partial charge in [0, 0.05) is 18.3 Å². The van der Waals surface area contributed by atoms with Crippen molar-refractivity contribution in [3.05, 3.63) is 28.3 Å². The lowest BCUT2D eigenvalue weighted by Gasteiger charge is -2.06. The molecule has 0 aromatic carbocycles. The zero-order valence-corrected chi connectivity index (χ0v) is 9.72. The molecule has 0 aliphatic carbocycles. The molecule has 1 atom stereocenters. The molecule has 1 rings (SSSR count). The molecule has 0 radical (unpaired) electrons. The summed E-state index contributed by atoms with van der Waals surface area (Å²) in [5.41, 5.74) is 0. The van der Waals surface area contributed by atoms with E-state index < -0.39 is 5.09 Å². The molecule has 0 amide bonds. The third kappa shape index (κ3) is 7.78. The number of nitrogens with one attached hydrogen (secondary N) is 1. The van der Waals surface area contributed by atoms with Gasteiger partial charge in [0.15, 0.2) is 0 Å². The summed E-state index contributed by atoms with van der Waals surface area (Å²) in [6.07, 6.45) is 8.92. The lowest BCUT2D eigenvalue weighted by atomic mass is 10.0. The first-order valence-electron chi connectivity index (χ1n) is 5.40. The summed E-state index contributed by atoms with van der Waals surface area (Å²) in [6.45, 7) is 4.46. The average Bonchev–Trinajstić information content (AvgIpc) is 2.69. The van der Waals surface area contributed by atoms with Crippen molar-refractivity contribution in [3.63, 3.8) is 0 Å². The first-order chi connectivity index (χ1) is 7.57. The SMILES string of the molecule is CCCCCC(C)c1ncc[nH]1.O=[N+]([O-])O. The molecular weight excluding hydrogens is 210 g/mol. The number of aromatic amines is 1. The second-order valence-electron chi connectivity index (χ2n) is 3.61. The van der Waals surface area contributed by atoms with Crippen LogP contribution in [0.2, 0.25) is 0 Å². The van der Waals surface area contributed by atoms with Gasteiger partial charge in [0.05, 0.1) is 0 Å². The number of aromatic nitrogens is 2. The van der Waals surface area contributed by atoms with Crippen molar-refractivity contribution in [2.45, 2.75) is 45.4 Å². The molecule has 0 fully saturated rings. The molecule has 0 saturated heterocycles. The first-order valence-corrected chi connectivity index (χ1v) is 5.40. The first kappa shape index (κ1) is 14.4. The van der Waals surface area contributed by atoms with Gasteiger partial charge in [0.2, 0.25) is 0 Å². The summed E-state index contributed by atoms with van der Waals surface area (Å²) in [4.78, 5) is 15.8. The average molecular weight is 229 g/mol. The van der Waals surface area contributed by atoms with E-state index in [4.69, 9.17) is 15.3 Å². The molecule has 1 unspecified atom stereocenters. The Kier molecular flexibility index (Phi) is 7.83. The highest BCUT2D eigenvalue weighted by Crippen LogP contribution is 2.17. The van der Waals surface area contributed by atoms with E-state index in [-0.39, 0.29) is 0 Å². The highest BCUT2D eigenvalue weighted by Gasteiger charge is 2.05. The third-order valence-electron chi connectivity index (χ3n) is 2.23. The zero-order chi connectivity index (χ0) is 12.4. The fourth-order valence-electron chi connectivity index (χ4n) is 1.38. The van der Waals surface area contributed by atoms with E-state index in [2.05, 4.69) is 23.8 Å². The van der Waals surface area contributed by atoms with Crippen molar-refractivity contribution in [1.29, 1.82) is 0 Å². The van der Waals surface area contributed by atoms with Crippen LogP contribution in [0.25, 0.3) is 0 Å². The number of nitrogens with zero attached hydrogens (tertiary/aromatic N) is 2. The molecule has 0 spiro atoms. The fourth-order valence-corrected chi connectivity index (χ4v) is 1.38. The summed E-state index contributed by atoms with van der Waals surface area (Å²) in [5, 5.41) is 13.6. The molecule has 6 nitrogen and oxygen atoms in total. The molecule has 1 aromatic heterocycles. The Labute approximate surface area is 94.8 Å². The van der Waals surface area contributed by atoms with Crippen molar-refractivity contribution in [2.24, 2.45) is 0 Å². The van der Waals surface area contributed by atoms with E-state index >= 15 is 0 Å². The molecule has 2 N–H and O–H groups in total. The Hall–Kier alpha value is -1.59. The van der Waals surface area contributed by atoms with Crippen LogP contribution in [0.3, 0.4) is 0 Å². The van der Waals surface area contributed by atoms with E-state index in [1.165, 1.54) is 25.7 Å². The fraction of sp³-hybridized carbons (Fsp3) is 0.700. The topological polar surface area (TPSA) is 92.0 Å². The standard InChI is InChI=1S/C10H18N2.HNO3/c1-3-4-5-6-9(2)10-11-7-8-12-10;2-1(3)4/h7-9H,3-6H2,1-2H3,(H,11,12);(H,2,3,4). The van der Waals surface area contributed by atoms with Gasteiger partial charge in [0.1, 0.15) is 5.82 Å². The van der Waals surface area contributed by atoms with Crippen molar-refractivity contribution in [2.75, 3.05) is 0 Å². The van der Waals surface area contributed by atoms with Crippen LogP contribution in [0.1, 0.15) is 51.3 Å². The van der Waals surface area contributed by atoms with Crippen LogP contribution in [0.5, 0.6) is 0 Å². The lowest BCUT2D eigenvalue weighted by Crippen LogP contribution is -1.95. The maximum atomic E-state index is 8.36. The quantitative estimate of drug-likeness (QED) is 0.461. The minimum Gasteiger partial charge on any atom is -0.348 e. The van der Waals surface area contributed by atoms with E-state index in [0.717, 1.165) is 5.82 Å². The van der Waals surface area contributed by atoms with Crippen LogP contribution >= 0.6 is 0 Å². The summed E-state index contributed by atoms with van der Waals surface area (Å²) in [5.74, 6) is 1.72. The Morgan fingerprint density at radius 1 is 1.62 bits per heavy atom. The van der Waals surface area contributed by atoms with Crippen LogP contribution < -0.4 is 0 Å². The van der Waals surface area contributed by atoms with Crippen LogP contribution in [0.15, 0.2) is 12.4 Å². The number of hydrogen-bond donors (Lipinski definition) is 2. The number of imidazole rings is 1. The molecule has 6 heteroatoms. The number of rotatable bonds is 5. The number of hydrogen-bond acceptors (Lipinski definition) is 3. The van der Waals surface area contributed by atoms with Crippen LogP contribution in [-0.2, 0) is 0 Å². The highest BCUT2D eigenvalue weighted by atomic mass is 16.9. The second kappa shape index (κ2) is 8.70. The molecule has 0 aliphatic heterocycles. The molecular formula is C10H19N3O3. The predicted octanol–water partition coefficient (Wildman–Crippen LogP) is 2.75. The van der Waals surface area contributed by atoms with Crippen molar-refractivity contribution in [1.82, 2.24) is 9.97 Å². The highest BCUT2D eigenvalue weighted by molar-refractivity contribution is 4.94. The molecule has 1 heterocycles. The van der Waals surface area contributed by atoms with Crippen LogP contribution in [0.4, 0.5) is 0 Å². The van der Waals surface area contributed by atoms with Gasteiger partial charge in [-0.05, 0) is 6.42 Å². The van der Waals surface area contributed by atoms with E-state index in [9.17, 15) is 0 Å². The van der Waals surface area contributed by atoms with Gasteiger partial charge >= 0.3 is 0 Å². The lowest BCUT2D eigenvalue weighted by molar-refractivity contribution is -0.742. The van der Waals surface area contributed by atoms with Crippen LogP contribution in [0, 0.1) is 10.1 Å². The van der Waals surface area contributed by atoms with Crippen molar-refractivity contribution in [3.8, 4) is 0 Å². The maximum absolute atomic E-state index is 8.36. The van der Waals surface area contributed by atoms with Gasteiger partial charge in [-0.1, -0.05) is 33.1 Å². The Morgan fingerprint density at radius 2 is 2.25 bits per heavy atom. The maximum Gasteiger partial charge on any atom is 0.291 e. The van der Waals surface area contributed by atoms with Gasteiger partial charge in [-0.3, -0.25) is 0 Å². The van der Waals surface area contributed by atoms with Crippen molar-refractivity contribution >= 4 is 0 Å². The van der Waals surface area contributed by atoms with Gasteiger partial charge in [-0.25, -0.2) is 4.98 Å². The summed E-state index contributed by atoms with van der Waals surface area (Å²) >= 11 is 0. The Morgan fingerprint density at radius 3 is 2.69 bits per heavy atom. The molecule has 16 heavy (non-hydrogen) atoms. The van der Waals surface area contributed by atoms with E-state index in [1.807, 2.05) is 12.4 Å². The molecule has 92 valence electrons. The van der Waals surface area contributed by atoms with E-state index in [0.29, 0.717) is 5.92 Å². The number of H-pyrrole nitrogens is 1. The molecule has 0 aliphatic rings. The number of unbranched alkanes of at least 4 members (excludes halogenated alkanes) is 2. The summed E-state index contributed by atoms with van der Waals surface area (Å²) < 4.78 is 0. The predicted molar refractivity (Wildman–Crippen MR) is 59.9 cm³/mol. The molecule has 0 saturated carbocycles. The minimum atomic E-state index is -1.50. The van der Waals surface area contributed by atoms with Gasteiger partial charge < -0.3 is 10.2 Å². The van der Waals surface area contributed by atoms with Gasteiger partial charge in [0.25, 0.3) is 5.09 Å². The normalized spacial score (nSPS) is 11.4. The largest absolute Gasteiger partial charge is 0.348 e. The summed E-state index contributed by atoms with van der Waals surface area (Å²) in [7, 11) is 0. The molecule has 0 bridgehead atoms. The van der Waals surface area contributed by atoms with Crippen molar-refractivity contribution < 1.29 is 10.3 Å². The Balaban J connectivity index is 0.000000487. The third-order valence-corrected chi connectivity index (χ3v) is 2.23. The van der Waals surface area contributed by atoms with E-state index in [1.54, 1.807) is 0 Å². The van der Waals surface area contributed by atoms with Gasteiger partial charge in [-0.2, -0.15) is 0 Å².